The number of hydrogen-bond donors (Lipinski definition) is 3. The van der Waals surface area contributed by atoms with E-state index in [4.69, 9.17) is 30.8 Å². The summed E-state index contributed by atoms with van der Waals surface area (Å²) in [5.41, 5.74) is 4.11. The maximum absolute atomic E-state index is 13.5. The van der Waals surface area contributed by atoms with E-state index in [1.54, 1.807) is 96.0 Å². The van der Waals surface area contributed by atoms with Crippen molar-refractivity contribution in [2.75, 3.05) is 32.1 Å². The first-order chi connectivity index (χ1) is 28.3. The third-order valence-corrected chi connectivity index (χ3v) is 9.87. The van der Waals surface area contributed by atoms with Crippen molar-refractivity contribution >= 4 is 41.3 Å². The van der Waals surface area contributed by atoms with Gasteiger partial charge in [0.05, 0.1) is 43.2 Å². The second-order valence-electron chi connectivity index (χ2n) is 16.5. The first-order valence-corrected chi connectivity index (χ1v) is 20.1. The second kappa shape index (κ2) is 19.1. The molecule has 4 aromatic rings. The van der Waals surface area contributed by atoms with Crippen LogP contribution in [0, 0.1) is 13.8 Å². The van der Waals surface area contributed by atoms with Gasteiger partial charge in [0.2, 0.25) is 11.8 Å². The zero-order valence-electron chi connectivity index (χ0n) is 35.6. The van der Waals surface area contributed by atoms with E-state index in [-0.39, 0.29) is 56.3 Å². The first kappa shape index (κ1) is 45.3. The maximum atomic E-state index is 13.5. The molecule has 0 bridgehead atoms. The number of methoxy groups -OCH3 is 1. The highest BCUT2D eigenvalue weighted by Gasteiger charge is 2.30. The van der Waals surface area contributed by atoms with Gasteiger partial charge in [0.1, 0.15) is 16.9 Å². The summed E-state index contributed by atoms with van der Waals surface area (Å²) in [4.78, 5) is 68.3. The van der Waals surface area contributed by atoms with E-state index >= 15 is 0 Å². The van der Waals surface area contributed by atoms with Crippen LogP contribution >= 0.6 is 11.6 Å². The number of amides is 4. The minimum atomic E-state index is -0.722. The molecule has 3 aromatic heterocycles. The molecule has 0 aliphatic carbocycles. The van der Waals surface area contributed by atoms with Gasteiger partial charge in [0.15, 0.2) is 0 Å². The Hall–Kier alpha value is -5.80. The second-order valence-corrected chi connectivity index (χ2v) is 16.9. The van der Waals surface area contributed by atoms with Crippen LogP contribution in [0.15, 0.2) is 54.7 Å². The SMILES string of the molecule is COc1nc(-c2ccnc(-c3cccc(NC(=O)c4ccc(CN(CCO)C(=O)OC(C)(C)C)c(C)n4)c3C)c2Cl)ccc1CN(C[C@@H]1CCC(=O)N1)C(=O)OC(C)(C)C. The van der Waals surface area contributed by atoms with Gasteiger partial charge in [-0.3, -0.25) is 14.6 Å². The molecule has 16 heteroatoms. The Morgan fingerprint density at radius 3 is 2.18 bits per heavy atom. The van der Waals surface area contributed by atoms with E-state index < -0.39 is 29.3 Å². The number of aryl methyl sites for hydroxylation is 1. The number of anilines is 1. The molecule has 3 N–H and O–H groups in total. The summed E-state index contributed by atoms with van der Waals surface area (Å²) < 4.78 is 16.9. The molecule has 1 aromatic carbocycles. The van der Waals surface area contributed by atoms with Gasteiger partial charge in [0.25, 0.3) is 5.91 Å². The topological polar surface area (TPSA) is 185 Å². The van der Waals surface area contributed by atoms with Crippen molar-refractivity contribution in [3.63, 3.8) is 0 Å². The smallest absolute Gasteiger partial charge is 0.410 e. The predicted octanol–water partition coefficient (Wildman–Crippen LogP) is 7.48. The number of carbonyl (C=O) groups is 4. The van der Waals surface area contributed by atoms with Crippen LogP contribution in [0.1, 0.15) is 87.3 Å². The van der Waals surface area contributed by atoms with E-state index in [0.29, 0.717) is 68.5 Å². The average Bonchev–Trinajstić information content (AvgIpc) is 3.58. The lowest BCUT2D eigenvalue weighted by atomic mass is 10.0. The van der Waals surface area contributed by atoms with Crippen LogP contribution < -0.4 is 15.4 Å². The zero-order chi connectivity index (χ0) is 43.9. The fourth-order valence-corrected chi connectivity index (χ4v) is 6.86. The summed E-state index contributed by atoms with van der Waals surface area (Å²) in [6.07, 6.45) is 1.56. The van der Waals surface area contributed by atoms with Gasteiger partial charge in [-0.1, -0.05) is 29.8 Å². The average molecular weight is 844 g/mol. The van der Waals surface area contributed by atoms with Gasteiger partial charge in [-0.15, -0.1) is 0 Å². The Balaban J connectivity index is 1.35. The van der Waals surface area contributed by atoms with Crippen molar-refractivity contribution in [2.45, 2.75) is 98.6 Å². The predicted molar refractivity (Wildman–Crippen MR) is 228 cm³/mol. The molecule has 5 rings (SSSR count). The molecule has 320 valence electrons. The van der Waals surface area contributed by atoms with Crippen LogP contribution in [0.5, 0.6) is 5.88 Å². The number of aliphatic hydroxyl groups is 1. The molecule has 1 atom stereocenters. The molecule has 1 fully saturated rings. The number of benzene rings is 1. The van der Waals surface area contributed by atoms with Crippen molar-refractivity contribution in [2.24, 2.45) is 0 Å². The minimum Gasteiger partial charge on any atom is -0.481 e. The lowest BCUT2D eigenvalue weighted by Crippen LogP contribution is -2.43. The van der Waals surface area contributed by atoms with Crippen molar-refractivity contribution in [3.05, 3.63) is 87.8 Å². The highest BCUT2D eigenvalue weighted by molar-refractivity contribution is 6.35. The summed E-state index contributed by atoms with van der Waals surface area (Å²) in [5, 5.41) is 15.8. The third-order valence-electron chi connectivity index (χ3n) is 9.48. The molecule has 0 radical (unpaired) electrons. The number of pyridine rings is 3. The standard InChI is InChI=1S/C44H54ClN7O8/c1-26-31(11-10-12-33(26)49-39(55)35-17-13-28(27(2)47-35)23-51(21-22-53)41(56)59-43(3,4)5)38-37(45)32(19-20-46-38)34-16-14-29(40(50-34)58-9)24-52(42(57)60-44(6,7)8)25-30-15-18-36(54)48-30/h10-14,16-17,19-20,30,53H,15,18,21-25H2,1-9H3,(H,48,54)(H,49,55)/t30-/m0/s1. The van der Waals surface area contributed by atoms with Gasteiger partial charge >= 0.3 is 12.2 Å². The van der Waals surface area contributed by atoms with Gasteiger partial charge in [-0.25, -0.2) is 19.6 Å². The quantitative estimate of drug-likeness (QED) is 0.121. The van der Waals surface area contributed by atoms with Gasteiger partial charge < -0.3 is 39.8 Å². The molecule has 4 heterocycles. The largest absolute Gasteiger partial charge is 0.481 e. The van der Waals surface area contributed by atoms with Gasteiger partial charge in [-0.2, -0.15) is 0 Å². The van der Waals surface area contributed by atoms with Crippen LogP contribution in [0.25, 0.3) is 22.5 Å². The number of ether oxygens (including phenoxy) is 3. The molecule has 0 spiro atoms. The Bertz CT molecular complexity index is 2240. The molecular weight excluding hydrogens is 790 g/mol. The maximum Gasteiger partial charge on any atom is 0.410 e. The third kappa shape index (κ3) is 11.7. The van der Waals surface area contributed by atoms with Crippen molar-refractivity contribution in [3.8, 4) is 28.4 Å². The number of aliphatic hydroxyl groups excluding tert-OH is 1. The van der Waals surface area contributed by atoms with E-state index in [1.807, 2.05) is 19.1 Å². The molecule has 4 amide bonds. The van der Waals surface area contributed by atoms with Crippen LogP contribution in [0.4, 0.5) is 15.3 Å². The fraction of sp³-hybridized carbons (Fsp3) is 0.432. The van der Waals surface area contributed by atoms with Crippen LogP contribution in [0.3, 0.4) is 0 Å². The number of rotatable bonds is 13. The summed E-state index contributed by atoms with van der Waals surface area (Å²) in [6.45, 7) is 14.7. The number of carbonyl (C=O) groups excluding carboxylic acids is 4. The molecule has 1 aliphatic heterocycles. The number of hydrogen-bond acceptors (Lipinski definition) is 11. The van der Waals surface area contributed by atoms with Crippen molar-refractivity contribution in [1.29, 1.82) is 0 Å². The molecule has 60 heavy (non-hydrogen) atoms. The lowest BCUT2D eigenvalue weighted by Gasteiger charge is -2.29. The van der Waals surface area contributed by atoms with Gasteiger partial charge in [0, 0.05) is 59.8 Å². The Kier molecular flexibility index (Phi) is 14.4. The molecule has 15 nitrogen and oxygen atoms in total. The van der Waals surface area contributed by atoms with Crippen molar-refractivity contribution in [1.82, 2.24) is 30.1 Å². The summed E-state index contributed by atoms with van der Waals surface area (Å²) >= 11 is 7.08. The summed E-state index contributed by atoms with van der Waals surface area (Å²) in [7, 11) is 1.50. The van der Waals surface area contributed by atoms with Gasteiger partial charge in [-0.05, 0) is 103 Å². The summed E-state index contributed by atoms with van der Waals surface area (Å²) in [5.74, 6) is -0.203. The zero-order valence-corrected chi connectivity index (χ0v) is 36.4. The summed E-state index contributed by atoms with van der Waals surface area (Å²) in [6, 6.07) is 13.9. The number of nitrogens with zero attached hydrogens (tertiary/aromatic N) is 5. The highest BCUT2D eigenvalue weighted by atomic mass is 35.5. The van der Waals surface area contributed by atoms with E-state index in [9.17, 15) is 24.3 Å². The molecular formula is C44H54ClN7O8. The number of aromatic nitrogens is 3. The van der Waals surface area contributed by atoms with Crippen LogP contribution in [0.2, 0.25) is 5.02 Å². The van der Waals surface area contributed by atoms with Crippen molar-refractivity contribution < 1.29 is 38.5 Å². The monoisotopic (exact) mass is 843 g/mol. The fourth-order valence-electron chi connectivity index (χ4n) is 6.55. The minimum absolute atomic E-state index is 0.0510. The number of halogens is 1. The first-order valence-electron chi connectivity index (χ1n) is 19.7. The molecule has 0 unspecified atom stereocenters. The molecule has 1 saturated heterocycles. The lowest BCUT2D eigenvalue weighted by molar-refractivity contribution is -0.119. The van der Waals surface area contributed by atoms with Crippen LogP contribution in [-0.4, -0.2) is 97.9 Å². The van der Waals surface area contributed by atoms with E-state index in [1.165, 1.54) is 12.0 Å². The normalized spacial score (nSPS) is 14.0. The Labute approximate surface area is 355 Å². The van der Waals surface area contributed by atoms with Crippen LogP contribution in [-0.2, 0) is 27.4 Å². The highest BCUT2D eigenvalue weighted by Crippen LogP contribution is 2.38. The van der Waals surface area contributed by atoms with E-state index in [0.717, 1.165) is 0 Å². The Morgan fingerprint density at radius 1 is 0.900 bits per heavy atom. The number of nitrogens with one attached hydrogen (secondary N) is 2. The van der Waals surface area contributed by atoms with E-state index in [2.05, 4.69) is 20.6 Å². The molecule has 0 saturated carbocycles. The Morgan fingerprint density at radius 2 is 1.57 bits per heavy atom. The molecule has 1 aliphatic rings.